The van der Waals surface area contributed by atoms with E-state index in [1.54, 1.807) is 34.3 Å². The van der Waals surface area contributed by atoms with Gasteiger partial charge in [0.15, 0.2) is 10.9 Å². The number of aryl methyl sites for hydroxylation is 1. The van der Waals surface area contributed by atoms with Crippen LogP contribution >= 0.6 is 11.3 Å². The Morgan fingerprint density at radius 2 is 1.96 bits per heavy atom. The molecule has 1 aromatic carbocycles. The Labute approximate surface area is 165 Å². The van der Waals surface area contributed by atoms with Crippen molar-refractivity contribution >= 4 is 27.8 Å². The molecule has 1 saturated heterocycles. The first-order valence-electron chi connectivity index (χ1n) is 8.81. The van der Waals surface area contributed by atoms with E-state index in [2.05, 4.69) is 19.9 Å². The standard InChI is InChI=1S/C18H20N6O3S/c1-21-12-13(11-20-21)14-9-16(24(25)26)17(27-2)10-15(14)22-4-6-23(7-5-22)18-19-3-8-28-18/h3,8-12H,4-7H2,1-2H3. The zero-order valence-electron chi connectivity index (χ0n) is 15.6. The van der Waals surface area contributed by atoms with Gasteiger partial charge in [0.1, 0.15) is 0 Å². The molecule has 0 N–H and O–H groups in total. The molecule has 0 amide bonds. The Kier molecular flexibility index (Phi) is 4.86. The fourth-order valence-corrected chi connectivity index (χ4v) is 4.12. The molecule has 0 saturated carbocycles. The molecule has 0 atom stereocenters. The molecule has 28 heavy (non-hydrogen) atoms. The summed E-state index contributed by atoms with van der Waals surface area (Å²) in [5.41, 5.74) is 2.48. The van der Waals surface area contributed by atoms with Crippen molar-refractivity contribution in [2.75, 3.05) is 43.1 Å². The van der Waals surface area contributed by atoms with Gasteiger partial charge in [-0.15, -0.1) is 11.3 Å². The quantitative estimate of drug-likeness (QED) is 0.480. The number of hydrogen-bond donors (Lipinski definition) is 0. The number of nitro benzene ring substituents is 1. The fraction of sp³-hybridized carbons (Fsp3) is 0.333. The number of hydrogen-bond acceptors (Lipinski definition) is 8. The molecular formula is C18H20N6O3S. The lowest BCUT2D eigenvalue weighted by Gasteiger charge is -2.36. The maximum Gasteiger partial charge on any atom is 0.311 e. The summed E-state index contributed by atoms with van der Waals surface area (Å²) in [6, 6.07) is 3.35. The van der Waals surface area contributed by atoms with E-state index in [4.69, 9.17) is 4.74 Å². The Morgan fingerprint density at radius 1 is 1.21 bits per heavy atom. The van der Waals surface area contributed by atoms with Crippen molar-refractivity contribution in [3.63, 3.8) is 0 Å². The van der Waals surface area contributed by atoms with Gasteiger partial charge in [-0.25, -0.2) is 4.98 Å². The molecule has 2 aromatic heterocycles. The first kappa shape index (κ1) is 18.2. The summed E-state index contributed by atoms with van der Waals surface area (Å²) < 4.78 is 7.00. The van der Waals surface area contributed by atoms with Crippen LogP contribution < -0.4 is 14.5 Å². The van der Waals surface area contributed by atoms with Gasteiger partial charge in [-0.2, -0.15) is 5.10 Å². The molecule has 146 valence electrons. The second kappa shape index (κ2) is 7.47. The zero-order valence-corrected chi connectivity index (χ0v) is 16.4. The van der Waals surface area contributed by atoms with Crippen molar-refractivity contribution in [2.45, 2.75) is 0 Å². The molecule has 3 aromatic rings. The van der Waals surface area contributed by atoms with E-state index in [0.29, 0.717) is 0 Å². The Hall–Kier alpha value is -3.14. The van der Waals surface area contributed by atoms with Crippen molar-refractivity contribution in [3.05, 3.63) is 46.2 Å². The number of ether oxygens (including phenoxy) is 1. The summed E-state index contributed by atoms with van der Waals surface area (Å²) in [4.78, 5) is 20.0. The van der Waals surface area contributed by atoms with E-state index in [9.17, 15) is 10.1 Å². The van der Waals surface area contributed by atoms with Gasteiger partial charge in [-0.05, 0) is 0 Å². The number of aromatic nitrogens is 3. The molecule has 3 heterocycles. The maximum atomic E-state index is 11.5. The van der Waals surface area contributed by atoms with Gasteiger partial charge >= 0.3 is 5.69 Å². The molecule has 0 spiro atoms. The topological polar surface area (TPSA) is 89.6 Å². The Morgan fingerprint density at radius 3 is 2.54 bits per heavy atom. The van der Waals surface area contributed by atoms with Crippen molar-refractivity contribution in [3.8, 4) is 16.9 Å². The Bertz CT molecular complexity index is 979. The van der Waals surface area contributed by atoms with Crippen LogP contribution in [0.2, 0.25) is 0 Å². The summed E-state index contributed by atoms with van der Waals surface area (Å²) >= 11 is 1.63. The van der Waals surface area contributed by atoms with Crippen molar-refractivity contribution in [1.29, 1.82) is 0 Å². The van der Waals surface area contributed by atoms with Crippen LogP contribution in [-0.2, 0) is 7.05 Å². The average molecular weight is 400 g/mol. The third-order valence-electron chi connectivity index (χ3n) is 4.82. The third kappa shape index (κ3) is 3.38. The van der Waals surface area contributed by atoms with Crippen molar-refractivity contribution in [2.24, 2.45) is 7.05 Å². The number of benzene rings is 1. The SMILES string of the molecule is COc1cc(N2CCN(c3nccs3)CC2)c(-c2cnn(C)c2)cc1[N+](=O)[O-]. The van der Waals surface area contributed by atoms with Crippen molar-refractivity contribution in [1.82, 2.24) is 14.8 Å². The largest absolute Gasteiger partial charge is 0.490 e. The summed E-state index contributed by atoms with van der Waals surface area (Å²) in [6.45, 7) is 3.24. The first-order chi connectivity index (χ1) is 13.6. The molecular weight excluding hydrogens is 380 g/mol. The summed E-state index contributed by atoms with van der Waals surface area (Å²) in [7, 11) is 3.28. The van der Waals surface area contributed by atoms with Crippen LogP contribution in [-0.4, -0.2) is 53.0 Å². The number of nitrogens with zero attached hydrogens (tertiary/aromatic N) is 6. The average Bonchev–Trinajstić information content (AvgIpc) is 3.39. The molecule has 9 nitrogen and oxygen atoms in total. The smallest absolute Gasteiger partial charge is 0.311 e. The Balaban J connectivity index is 1.70. The van der Waals surface area contributed by atoms with Crippen LogP contribution in [0.5, 0.6) is 5.75 Å². The first-order valence-corrected chi connectivity index (χ1v) is 9.69. The van der Waals surface area contributed by atoms with E-state index < -0.39 is 4.92 Å². The van der Waals surface area contributed by atoms with Gasteiger partial charge in [-0.1, -0.05) is 0 Å². The van der Waals surface area contributed by atoms with Crippen LogP contribution in [0.15, 0.2) is 36.1 Å². The molecule has 0 unspecified atom stereocenters. The fourth-order valence-electron chi connectivity index (χ4n) is 3.43. The minimum absolute atomic E-state index is 0.0495. The van der Waals surface area contributed by atoms with Crippen LogP contribution in [0.3, 0.4) is 0 Å². The highest BCUT2D eigenvalue weighted by molar-refractivity contribution is 7.13. The van der Waals surface area contributed by atoms with E-state index in [1.807, 2.05) is 24.8 Å². The molecule has 1 fully saturated rings. The lowest BCUT2D eigenvalue weighted by molar-refractivity contribution is -0.385. The number of anilines is 2. The van der Waals surface area contributed by atoms with Gasteiger partial charge in [0.05, 0.1) is 18.2 Å². The highest BCUT2D eigenvalue weighted by Crippen LogP contribution is 2.40. The number of piperazine rings is 1. The van der Waals surface area contributed by atoms with Crippen LogP contribution in [0.1, 0.15) is 0 Å². The molecule has 0 radical (unpaired) electrons. The van der Waals surface area contributed by atoms with E-state index in [-0.39, 0.29) is 11.4 Å². The third-order valence-corrected chi connectivity index (χ3v) is 5.65. The minimum Gasteiger partial charge on any atom is -0.490 e. The molecule has 1 aliphatic rings. The minimum atomic E-state index is -0.414. The molecule has 4 rings (SSSR count). The molecule has 1 aliphatic heterocycles. The second-order valence-electron chi connectivity index (χ2n) is 6.49. The summed E-state index contributed by atoms with van der Waals surface area (Å²) in [6.07, 6.45) is 5.40. The van der Waals surface area contributed by atoms with E-state index in [0.717, 1.165) is 48.1 Å². The monoisotopic (exact) mass is 400 g/mol. The molecule has 10 heteroatoms. The number of thiazole rings is 1. The number of methoxy groups -OCH3 is 1. The normalized spacial score (nSPS) is 14.4. The lowest BCUT2D eigenvalue weighted by atomic mass is 10.0. The van der Waals surface area contributed by atoms with Gasteiger partial charge in [0.25, 0.3) is 0 Å². The van der Waals surface area contributed by atoms with E-state index >= 15 is 0 Å². The highest BCUT2D eigenvalue weighted by atomic mass is 32.1. The van der Waals surface area contributed by atoms with Gasteiger partial charge in [-0.3, -0.25) is 14.8 Å². The predicted molar refractivity (Wildman–Crippen MR) is 108 cm³/mol. The number of rotatable bonds is 5. The molecule has 0 bridgehead atoms. The second-order valence-corrected chi connectivity index (χ2v) is 7.36. The van der Waals surface area contributed by atoms with Crippen LogP contribution in [0.4, 0.5) is 16.5 Å². The van der Waals surface area contributed by atoms with E-state index in [1.165, 1.54) is 7.11 Å². The lowest BCUT2D eigenvalue weighted by Crippen LogP contribution is -2.46. The predicted octanol–water partition coefficient (Wildman–Crippen LogP) is 2.79. The van der Waals surface area contributed by atoms with Crippen molar-refractivity contribution < 1.29 is 9.66 Å². The van der Waals surface area contributed by atoms with Crippen LogP contribution in [0, 0.1) is 10.1 Å². The van der Waals surface area contributed by atoms with Gasteiger partial charge in [0.2, 0.25) is 0 Å². The zero-order chi connectivity index (χ0) is 19.7. The maximum absolute atomic E-state index is 11.5. The summed E-state index contributed by atoms with van der Waals surface area (Å²) in [5, 5.41) is 18.7. The van der Waals surface area contributed by atoms with Crippen LogP contribution in [0.25, 0.3) is 11.1 Å². The highest BCUT2D eigenvalue weighted by Gasteiger charge is 2.26. The van der Waals surface area contributed by atoms with Gasteiger partial charge in [0, 0.05) is 79.9 Å². The van der Waals surface area contributed by atoms with Gasteiger partial charge < -0.3 is 14.5 Å². The molecule has 0 aliphatic carbocycles. The summed E-state index contributed by atoms with van der Waals surface area (Å²) in [5.74, 6) is 0.259. The number of nitro groups is 1.